The Balaban J connectivity index is 1.54. The zero-order valence-electron chi connectivity index (χ0n) is 16.4. The van der Waals surface area contributed by atoms with Crippen LogP contribution in [0.15, 0.2) is 24.3 Å². The average molecular weight is 426 g/mol. The zero-order chi connectivity index (χ0) is 20.1. The fourth-order valence-electron chi connectivity index (χ4n) is 3.57. The minimum Gasteiger partial charge on any atom is -0.466 e. The van der Waals surface area contributed by atoms with E-state index in [1.807, 2.05) is 29.9 Å². The molecule has 1 aromatic heterocycles. The largest absolute Gasteiger partial charge is 0.466 e. The van der Waals surface area contributed by atoms with Crippen LogP contribution in [0.25, 0.3) is 0 Å². The van der Waals surface area contributed by atoms with Crippen LogP contribution in [0.1, 0.15) is 18.3 Å². The summed E-state index contributed by atoms with van der Waals surface area (Å²) in [5, 5.41) is 5.35. The number of carbonyl (C=O) groups is 1. The van der Waals surface area contributed by atoms with E-state index in [9.17, 15) is 4.79 Å². The van der Waals surface area contributed by atoms with Gasteiger partial charge in [-0.15, -0.1) is 0 Å². The third kappa shape index (κ3) is 5.41. The molecule has 9 heteroatoms. The quantitative estimate of drug-likeness (QED) is 0.470. The molecule has 0 unspecified atom stereocenters. The second-order valence-corrected chi connectivity index (χ2v) is 8.01. The van der Waals surface area contributed by atoms with Crippen LogP contribution in [0.5, 0.6) is 0 Å². The number of aromatic nitrogens is 3. The highest BCUT2D eigenvalue weighted by atomic mass is 35.5. The molecule has 1 aliphatic heterocycles. The number of piperazine rings is 1. The van der Waals surface area contributed by atoms with Gasteiger partial charge in [-0.05, 0) is 31.3 Å². The SMILES string of the molecule is CCOC(=O)Cc1nn(C[NH+]2CC[NH+](Cc3cccc(Cl)c3)CC2)c(=S)n1C. The fourth-order valence-corrected chi connectivity index (χ4v) is 3.99. The highest BCUT2D eigenvalue weighted by Crippen LogP contribution is 2.09. The summed E-state index contributed by atoms with van der Waals surface area (Å²) in [6, 6.07) is 8.10. The summed E-state index contributed by atoms with van der Waals surface area (Å²) in [6.45, 7) is 8.20. The molecule has 152 valence electrons. The van der Waals surface area contributed by atoms with Crippen molar-refractivity contribution in [3.8, 4) is 0 Å². The van der Waals surface area contributed by atoms with Crippen molar-refractivity contribution < 1.29 is 19.3 Å². The van der Waals surface area contributed by atoms with Gasteiger partial charge in [0.2, 0.25) is 4.77 Å². The number of hydrogen-bond donors (Lipinski definition) is 2. The van der Waals surface area contributed by atoms with Crippen molar-refractivity contribution in [3.63, 3.8) is 0 Å². The lowest BCUT2D eigenvalue weighted by Crippen LogP contribution is -3.27. The maximum atomic E-state index is 11.7. The van der Waals surface area contributed by atoms with Crippen LogP contribution in [0, 0.1) is 4.77 Å². The topological polar surface area (TPSA) is 57.9 Å². The number of carbonyl (C=O) groups excluding carboxylic acids is 1. The molecule has 0 aliphatic carbocycles. The molecule has 3 rings (SSSR count). The lowest BCUT2D eigenvalue weighted by atomic mass is 10.2. The van der Waals surface area contributed by atoms with Crippen LogP contribution < -0.4 is 9.80 Å². The van der Waals surface area contributed by atoms with Crippen molar-refractivity contribution >= 4 is 29.8 Å². The summed E-state index contributed by atoms with van der Waals surface area (Å²) in [5.41, 5.74) is 1.28. The van der Waals surface area contributed by atoms with E-state index in [1.165, 1.54) is 10.5 Å². The van der Waals surface area contributed by atoms with E-state index in [0.717, 1.165) is 44.4 Å². The third-order valence-electron chi connectivity index (χ3n) is 5.12. The van der Waals surface area contributed by atoms with Gasteiger partial charge in [0.25, 0.3) is 0 Å². The molecular formula is C19H28ClN5O2S+2. The number of benzene rings is 1. The van der Waals surface area contributed by atoms with Gasteiger partial charge >= 0.3 is 5.97 Å². The Morgan fingerprint density at radius 1 is 1.29 bits per heavy atom. The van der Waals surface area contributed by atoms with Crippen molar-refractivity contribution in [2.24, 2.45) is 7.05 Å². The number of nitrogens with one attached hydrogen (secondary N) is 2. The first kappa shape index (κ1) is 21.0. The standard InChI is InChI=1S/C19H26ClN5O2S/c1-3-27-18(26)12-17-21-25(19(28)22(17)2)14-24-9-7-23(8-10-24)13-15-5-4-6-16(20)11-15/h4-6,11H,3,7-10,12-14H2,1-2H3/p+2. The summed E-state index contributed by atoms with van der Waals surface area (Å²) in [6.07, 6.45) is 0.147. The molecule has 28 heavy (non-hydrogen) atoms. The third-order valence-corrected chi connectivity index (χ3v) is 5.84. The molecular weight excluding hydrogens is 398 g/mol. The molecule has 1 saturated heterocycles. The average Bonchev–Trinajstić information content (AvgIpc) is 2.91. The first-order chi connectivity index (χ1) is 13.5. The Morgan fingerprint density at radius 2 is 2.00 bits per heavy atom. The Morgan fingerprint density at radius 3 is 2.68 bits per heavy atom. The number of ether oxygens (including phenoxy) is 1. The summed E-state index contributed by atoms with van der Waals surface area (Å²) in [7, 11) is 1.85. The van der Waals surface area contributed by atoms with E-state index < -0.39 is 0 Å². The van der Waals surface area contributed by atoms with Gasteiger partial charge < -0.3 is 19.1 Å². The van der Waals surface area contributed by atoms with E-state index in [4.69, 9.17) is 28.6 Å². The van der Waals surface area contributed by atoms with Crippen molar-refractivity contribution in [1.29, 1.82) is 0 Å². The van der Waals surface area contributed by atoms with Gasteiger partial charge in [-0.25, -0.2) is 0 Å². The first-order valence-corrected chi connectivity index (χ1v) is 10.4. The Bertz CT molecular complexity index is 873. The molecule has 2 heterocycles. The van der Waals surface area contributed by atoms with Crippen LogP contribution in [0.4, 0.5) is 0 Å². The maximum absolute atomic E-state index is 11.7. The van der Waals surface area contributed by atoms with E-state index in [1.54, 1.807) is 16.4 Å². The molecule has 1 fully saturated rings. The smallest absolute Gasteiger partial charge is 0.313 e. The summed E-state index contributed by atoms with van der Waals surface area (Å²) >= 11 is 11.6. The minimum atomic E-state index is -0.275. The molecule has 0 spiro atoms. The number of esters is 1. The molecule has 0 saturated carbocycles. The predicted molar refractivity (Wildman–Crippen MR) is 109 cm³/mol. The first-order valence-electron chi connectivity index (χ1n) is 9.66. The van der Waals surface area contributed by atoms with Crippen LogP contribution in [-0.2, 0) is 36.2 Å². The fraction of sp³-hybridized carbons (Fsp3) is 0.526. The van der Waals surface area contributed by atoms with Crippen LogP contribution in [-0.4, -0.2) is 53.1 Å². The zero-order valence-corrected chi connectivity index (χ0v) is 18.0. The van der Waals surface area contributed by atoms with Crippen LogP contribution in [0.3, 0.4) is 0 Å². The lowest BCUT2D eigenvalue weighted by molar-refractivity contribution is -1.03. The van der Waals surface area contributed by atoms with Gasteiger partial charge in [0.05, 0.1) is 6.61 Å². The van der Waals surface area contributed by atoms with E-state index >= 15 is 0 Å². The second-order valence-electron chi connectivity index (χ2n) is 7.20. The van der Waals surface area contributed by atoms with Gasteiger partial charge in [-0.2, -0.15) is 9.78 Å². The number of nitrogens with zero attached hydrogens (tertiary/aromatic N) is 3. The molecule has 0 bridgehead atoms. The van der Waals surface area contributed by atoms with E-state index in [0.29, 0.717) is 17.2 Å². The van der Waals surface area contributed by atoms with Crippen LogP contribution in [0.2, 0.25) is 5.02 Å². The molecule has 0 amide bonds. The van der Waals surface area contributed by atoms with Crippen molar-refractivity contribution in [1.82, 2.24) is 14.3 Å². The van der Waals surface area contributed by atoms with Crippen molar-refractivity contribution in [2.75, 3.05) is 32.8 Å². The number of halogens is 1. The molecule has 7 nitrogen and oxygen atoms in total. The molecule has 2 aromatic rings. The van der Waals surface area contributed by atoms with Gasteiger partial charge in [0.1, 0.15) is 45.0 Å². The molecule has 2 N–H and O–H groups in total. The highest BCUT2D eigenvalue weighted by Gasteiger charge is 2.24. The molecule has 1 aliphatic rings. The van der Waals surface area contributed by atoms with Gasteiger partial charge in [0.15, 0.2) is 6.67 Å². The lowest BCUT2D eigenvalue weighted by Gasteiger charge is -2.29. The highest BCUT2D eigenvalue weighted by molar-refractivity contribution is 7.71. The van der Waals surface area contributed by atoms with E-state index in [2.05, 4.69) is 11.2 Å². The van der Waals surface area contributed by atoms with Crippen molar-refractivity contribution in [2.45, 2.75) is 26.6 Å². The van der Waals surface area contributed by atoms with Crippen molar-refractivity contribution in [3.05, 3.63) is 45.4 Å². The Hall–Kier alpha value is -1.74. The Labute approximate surface area is 175 Å². The van der Waals surface area contributed by atoms with Gasteiger partial charge in [0, 0.05) is 17.6 Å². The second kappa shape index (κ2) is 9.65. The number of quaternary nitrogens is 2. The predicted octanol–water partition coefficient (Wildman–Crippen LogP) is -0.349. The monoisotopic (exact) mass is 425 g/mol. The Kier molecular flexibility index (Phi) is 7.23. The maximum Gasteiger partial charge on any atom is 0.313 e. The number of hydrogen-bond acceptors (Lipinski definition) is 4. The normalized spacial score (nSPS) is 19.5. The van der Waals surface area contributed by atoms with Gasteiger partial charge in [-0.1, -0.05) is 23.7 Å². The summed E-state index contributed by atoms with van der Waals surface area (Å²) in [4.78, 5) is 14.8. The molecule has 0 atom stereocenters. The van der Waals surface area contributed by atoms with E-state index in [-0.39, 0.29) is 12.4 Å². The molecule has 0 radical (unpaired) electrons. The summed E-state index contributed by atoms with van der Waals surface area (Å²) < 4.78 is 9.29. The number of rotatable bonds is 7. The summed E-state index contributed by atoms with van der Waals surface area (Å²) in [5.74, 6) is 0.372. The molecule has 1 aromatic carbocycles. The minimum absolute atomic E-state index is 0.147. The van der Waals surface area contributed by atoms with Gasteiger partial charge in [-0.3, -0.25) is 4.79 Å². The van der Waals surface area contributed by atoms with Crippen LogP contribution >= 0.6 is 23.8 Å².